The Kier molecular flexibility index (Phi) is 6.61. The molecule has 0 radical (unpaired) electrons. The molecule has 0 aliphatic carbocycles. The van der Waals surface area contributed by atoms with Gasteiger partial charge in [0.2, 0.25) is 0 Å². The summed E-state index contributed by atoms with van der Waals surface area (Å²) in [7, 11) is -1.80. The number of hydrogen-bond acceptors (Lipinski definition) is 3. The summed E-state index contributed by atoms with van der Waals surface area (Å²) >= 11 is 0. The minimum absolute atomic E-state index is 0.0543. The van der Waals surface area contributed by atoms with Gasteiger partial charge in [-0.1, -0.05) is 13.8 Å². The molecule has 0 atom stereocenters. The van der Waals surface area contributed by atoms with Crippen molar-refractivity contribution < 1.29 is 13.5 Å². The summed E-state index contributed by atoms with van der Waals surface area (Å²) in [6.07, 6.45) is 1.51. The third-order valence-electron chi connectivity index (χ3n) is 2.85. The molecule has 0 aliphatic rings. The maximum atomic E-state index is 11.7. The zero-order chi connectivity index (χ0) is 13.7. The molecule has 0 rings (SSSR count). The summed E-state index contributed by atoms with van der Waals surface area (Å²) in [5.74, 6) is 0. The highest BCUT2D eigenvalue weighted by Crippen LogP contribution is 2.20. The van der Waals surface area contributed by atoms with Crippen LogP contribution < -0.4 is 4.72 Å². The van der Waals surface area contributed by atoms with Crippen LogP contribution in [0.5, 0.6) is 0 Å². The molecule has 104 valence electrons. The van der Waals surface area contributed by atoms with Gasteiger partial charge >= 0.3 is 0 Å². The molecule has 6 heteroatoms. The van der Waals surface area contributed by atoms with Crippen molar-refractivity contribution in [1.82, 2.24) is 9.03 Å². The lowest BCUT2D eigenvalue weighted by atomic mass is 9.89. The number of rotatable bonds is 8. The summed E-state index contributed by atoms with van der Waals surface area (Å²) in [4.78, 5) is 0. The van der Waals surface area contributed by atoms with Gasteiger partial charge in [0.05, 0.1) is 0 Å². The third-order valence-corrected chi connectivity index (χ3v) is 4.60. The van der Waals surface area contributed by atoms with Crippen LogP contribution in [0.2, 0.25) is 0 Å². The van der Waals surface area contributed by atoms with E-state index in [2.05, 4.69) is 4.72 Å². The van der Waals surface area contributed by atoms with Crippen molar-refractivity contribution in [2.45, 2.75) is 46.6 Å². The molecule has 0 fully saturated rings. The van der Waals surface area contributed by atoms with Crippen LogP contribution in [0.15, 0.2) is 0 Å². The van der Waals surface area contributed by atoms with E-state index in [0.717, 1.165) is 12.8 Å². The molecule has 0 aromatic rings. The first-order valence-electron chi connectivity index (χ1n) is 5.96. The van der Waals surface area contributed by atoms with Crippen LogP contribution in [0.25, 0.3) is 0 Å². The average molecular weight is 266 g/mol. The molecule has 0 unspecified atom stereocenters. The number of nitrogens with zero attached hydrogens (tertiary/aromatic N) is 1. The van der Waals surface area contributed by atoms with Gasteiger partial charge < -0.3 is 5.11 Å². The molecule has 0 saturated carbocycles. The number of aliphatic hydroxyl groups is 1. The largest absolute Gasteiger partial charge is 0.396 e. The van der Waals surface area contributed by atoms with Crippen LogP contribution in [0.1, 0.15) is 40.5 Å². The Morgan fingerprint density at radius 1 is 1.35 bits per heavy atom. The molecule has 0 aromatic carbocycles. The van der Waals surface area contributed by atoms with Gasteiger partial charge in [-0.3, -0.25) is 0 Å². The first-order valence-corrected chi connectivity index (χ1v) is 7.40. The lowest BCUT2D eigenvalue weighted by Crippen LogP contribution is -2.42. The fourth-order valence-electron chi connectivity index (χ4n) is 1.23. The lowest BCUT2D eigenvalue weighted by molar-refractivity contribution is 0.148. The molecule has 0 heterocycles. The van der Waals surface area contributed by atoms with E-state index in [0.29, 0.717) is 6.54 Å². The van der Waals surface area contributed by atoms with Gasteiger partial charge in [0, 0.05) is 26.2 Å². The van der Waals surface area contributed by atoms with Gasteiger partial charge in [0.25, 0.3) is 10.2 Å². The number of hydrogen-bond donors (Lipinski definition) is 2. The number of aliphatic hydroxyl groups excluding tert-OH is 1. The summed E-state index contributed by atoms with van der Waals surface area (Å²) in [5, 5.41) is 9.07. The van der Waals surface area contributed by atoms with Crippen molar-refractivity contribution in [2.24, 2.45) is 5.41 Å². The van der Waals surface area contributed by atoms with Gasteiger partial charge in [-0.2, -0.15) is 12.7 Å². The maximum absolute atomic E-state index is 11.7. The second-order valence-electron chi connectivity index (χ2n) is 5.44. The molecule has 0 aliphatic heterocycles. The molecular weight excluding hydrogens is 240 g/mol. The molecular formula is C11H26N2O3S. The van der Waals surface area contributed by atoms with Crippen molar-refractivity contribution in [3.8, 4) is 0 Å². The Labute approximate surface area is 105 Å². The Morgan fingerprint density at radius 2 is 1.88 bits per heavy atom. The van der Waals surface area contributed by atoms with Crippen molar-refractivity contribution in [2.75, 3.05) is 20.2 Å². The highest BCUT2D eigenvalue weighted by molar-refractivity contribution is 7.87. The summed E-state index contributed by atoms with van der Waals surface area (Å²) in [5.41, 5.74) is -0.143. The average Bonchev–Trinajstić information content (AvgIpc) is 2.23. The van der Waals surface area contributed by atoms with E-state index in [-0.39, 0.29) is 18.1 Å². The Bertz CT molecular complexity index is 313. The van der Waals surface area contributed by atoms with E-state index in [1.165, 1.54) is 4.31 Å². The predicted octanol–water partition coefficient (Wildman–Crippen LogP) is 0.960. The van der Waals surface area contributed by atoms with Crippen molar-refractivity contribution >= 4 is 10.2 Å². The Balaban J connectivity index is 4.06. The molecule has 0 spiro atoms. The molecule has 0 amide bonds. The van der Waals surface area contributed by atoms with Crippen LogP contribution >= 0.6 is 0 Å². The third kappa shape index (κ3) is 6.35. The highest BCUT2D eigenvalue weighted by Gasteiger charge is 2.20. The van der Waals surface area contributed by atoms with E-state index in [1.54, 1.807) is 7.05 Å². The fraction of sp³-hybridized carbons (Fsp3) is 1.00. The summed E-state index contributed by atoms with van der Waals surface area (Å²) in [6.45, 7) is 8.10. The predicted molar refractivity (Wildman–Crippen MR) is 69.9 cm³/mol. The molecule has 0 aromatic heterocycles. The van der Waals surface area contributed by atoms with Gasteiger partial charge in [0.15, 0.2) is 0 Å². The van der Waals surface area contributed by atoms with Crippen LogP contribution in [0, 0.1) is 5.41 Å². The lowest BCUT2D eigenvalue weighted by Gasteiger charge is -2.23. The molecule has 17 heavy (non-hydrogen) atoms. The molecule has 0 saturated heterocycles. The minimum atomic E-state index is -3.36. The van der Waals surface area contributed by atoms with Crippen LogP contribution in [-0.4, -0.2) is 44.1 Å². The minimum Gasteiger partial charge on any atom is -0.396 e. The van der Waals surface area contributed by atoms with Crippen molar-refractivity contribution in [3.05, 3.63) is 0 Å². The molecule has 2 N–H and O–H groups in total. The normalized spacial score (nSPS) is 13.6. The second-order valence-corrected chi connectivity index (χ2v) is 7.25. The Morgan fingerprint density at radius 3 is 2.29 bits per heavy atom. The van der Waals surface area contributed by atoms with Gasteiger partial charge in [-0.25, -0.2) is 4.72 Å². The van der Waals surface area contributed by atoms with Crippen molar-refractivity contribution in [1.29, 1.82) is 0 Å². The standard InChI is InChI=1S/C11H26N2O3S/c1-10(2)13(5)17(15,16)12-8-6-7-11(3,4)9-14/h10,12,14H,6-9H2,1-5H3. The van der Waals surface area contributed by atoms with E-state index < -0.39 is 10.2 Å². The van der Waals surface area contributed by atoms with Crippen molar-refractivity contribution in [3.63, 3.8) is 0 Å². The van der Waals surface area contributed by atoms with E-state index in [9.17, 15) is 8.42 Å². The quantitative estimate of drug-likeness (QED) is 0.643. The highest BCUT2D eigenvalue weighted by atomic mass is 32.2. The zero-order valence-electron chi connectivity index (χ0n) is 11.5. The topological polar surface area (TPSA) is 69.6 Å². The monoisotopic (exact) mass is 266 g/mol. The smallest absolute Gasteiger partial charge is 0.279 e. The fourth-order valence-corrected chi connectivity index (χ4v) is 2.39. The summed E-state index contributed by atoms with van der Waals surface area (Å²) < 4.78 is 27.3. The molecule has 0 bridgehead atoms. The number of nitrogens with one attached hydrogen (secondary N) is 1. The van der Waals surface area contributed by atoms with E-state index >= 15 is 0 Å². The second kappa shape index (κ2) is 6.68. The van der Waals surface area contributed by atoms with Gasteiger partial charge in [0.1, 0.15) is 0 Å². The van der Waals surface area contributed by atoms with E-state index in [4.69, 9.17) is 5.11 Å². The van der Waals surface area contributed by atoms with Crippen LogP contribution in [0.3, 0.4) is 0 Å². The Hall–Kier alpha value is -0.170. The maximum Gasteiger partial charge on any atom is 0.279 e. The van der Waals surface area contributed by atoms with Crippen LogP contribution in [0.4, 0.5) is 0 Å². The van der Waals surface area contributed by atoms with Gasteiger partial charge in [-0.05, 0) is 32.1 Å². The first kappa shape index (κ1) is 16.8. The van der Waals surface area contributed by atoms with Gasteiger partial charge in [-0.15, -0.1) is 0 Å². The zero-order valence-corrected chi connectivity index (χ0v) is 12.3. The SMILES string of the molecule is CC(C)N(C)S(=O)(=O)NCCCC(C)(C)CO. The molecule has 5 nitrogen and oxygen atoms in total. The summed E-state index contributed by atoms with van der Waals surface area (Å²) in [6, 6.07) is -0.0543. The van der Waals surface area contributed by atoms with E-state index in [1.807, 2.05) is 27.7 Å². The van der Waals surface area contributed by atoms with Crippen LogP contribution in [-0.2, 0) is 10.2 Å². The first-order chi connectivity index (χ1) is 7.62.